The first kappa shape index (κ1) is 13.3. The summed E-state index contributed by atoms with van der Waals surface area (Å²) in [4.78, 5) is 23.8. The van der Waals surface area contributed by atoms with Crippen molar-refractivity contribution in [2.45, 2.75) is 20.3 Å². The largest absolute Gasteiger partial charge is 0.462 e. The van der Waals surface area contributed by atoms with Gasteiger partial charge in [0.1, 0.15) is 5.57 Å². The van der Waals surface area contributed by atoms with Crippen LogP contribution in [0.5, 0.6) is 0 Å². The molecule has 0 aromatic heterocycles. The molecule has 0 saturated heterocycles. The van der Waals surface area contributed by atoms with E-state index in [0.717, 1.165) is 16.7 Å². The van der Waals surface area contributed by atoms with E-state index in [1.165, 1.54) is 6.92 Å². The molecule has 0 N–H and O–H groups in total. The fourth-order valence-corrected chi connectivity index (χ4v) is 2.25. The van der Waals surface area contributed by atoms with Gasteiger partial charge in [0.15, 0.2) is 5.78 Å². The molecule has 0 fully saturated rings. The average molecular weight is 256 g/mol. The van der Waals surface area contributed by atoms with Gasteiger partial charge in [0.2, 0.25) is 0 Å². The number of hydrogen-bond donors (Lipinski definition) is 0. The number of rotatable bonds is 3. The number of carbonyl (C=O) groups excluding carboxylic acids is 2. The molecule has 1 aromatic rings. The minimum atomic E-state index is -0.532. The third-order valence-corrected chi connectivity index (χ3v) is 3.04. The monoisotopic (exact) mass is 256 g/mol. The van der Waals surface area contributed by atoms with Crippen molar-refractivity contribution < 1.29 is 14.3 Å². The van der Waals surface area contributed by atoms with Gasteiger partial charge in [-0.25, -0.2) is 4.79 Å². The van der Waals surface area contributed by atoms with Crippen LogP contribution in [0.4, 0.5) is 0 Å². The third-order valence-electron chi connectivity index (χ3n) is 3.04. The molecule has 19 heavy (non-hydrogen) atoms. The van der Waals surface area contributed by atoms with Crippen LogP contribution in [0, 0.1) is 0 Å². The Labute approximate surface area is 112 Å². The highest BCUT2D eigenvalue weighted by molar-refractivity contribution is 6.22. The maximum absolute atomic E-state index is 12.0. The molecule has 3 heteroatoms. The zero-order valence-corrected chi connectivity index (χ0v) is 11.1. The Morgan fingerprint density at radius 1 is 1.26 bits per heavy atom. The highest BCUT2D eigenvalue weighted by Gasteiger charge is 2.23. The summed E-state index contributed by atoms with van der Waals surface area (Å²) in [6, 6.07) is 7.73. The highest BCUT2D eigenvalue weighted by Crippen LogP contribution is 2.31. The highest BCUT2D eigenvalue weighted by atomic mass is 16.5. The van der Waals surface area contributed by atoms with E-state index in [-0.39, 0.29) is 18.0 Å². The van der Waals surface area contributed by atoms with Crippen molar-refractivity contribution in [1.82, 2.24) is 0 Å². The summed E-state index contributed by atoms with van der Waals surface area (Å²) in [6.07, 6.45) is 4.53. The lowest BCUT2D eigenvalue weighted by Crippen LogP contribution is -2.16. The van der Waals surface area contributed by atoms with E-state index in [9.17, 15) is 9.59 Å². The van der Waals surface area contributed by atoms with E-state index < -0.39 is 5.97 Å². The van der Waals surface area contributed by atoms with Gasteiger partial charge in [-0.15, -0.1) is 0 Å². The summed E-state index contributed by atoms with van der Waals surface area (Å²) < 4.78 is 4.99. The number of hydrogen-bond acceptors (Lipinski definition) is 3. The van der Waals surface area contributed by atoms with Crippen molar-refractivity contribution in [3.05, 3.63) is 47.0 Å². The van der Waals surface area contributed by atoms with Crippen LogP contribution in [0.3, 0.4) is 0 Å². The fraction of sp³-hybridized carbons (Fsp3) is 0.250. The van der Waals surface area contributed by atoms with E-state index in [2.05, 4.69) is 0 Å². The number of fused-ring (bicyclic) bond motifs is 1. The molecule has 1 aliphatic carbocycles. The second-order valence-corrected chi connectivity index (χ2v) is 4.32. The van der Waals surface area contributed by atoms with Crippen LogP contribution in [-0.4, -0.2) is 18.4 Å². The number of esters is 1. The van der Waals surface area contributed by atoms with Crippen LogP contribution in [0.15, 0.2) is 35.9 Å². The van der Waals surface area contributed by atoms with Gasteiger partial charge in [-0.1, -0.05) is 36.4 Å². The summed E-state index contributed by atoms with van der Waals surface area (Å²) in [5.41, 5.74) is 2.87. The number of ether oxygens (including phenoxy) is 1. The van der Waals surface area contributed by atoms with Crippen molar-refractivity contribution in [3.8, 4) is 0 Å². The molecule has 0 aliphatic heterocycles. The fourth-order valence-electron chi connectivity index (χ4n) is 2.25. The molecule has 1 aliphatic rings. The molecule has 3 nitrogen and oxygen atoms in total. The average Bonchev–Trinajstić information content (AvgIpc) is 2.39. The second-order valence-electron chi connectivity index (χ2n) is 4.32. The maximum Gasteiger partial charge on any atom is 0.342 e. The Kier molecular flexibility index (Phi) is 3.95. The number of ketones is 1. The van der Waals surface area contributed by atoms with Gasteiger partial charge in [-0.2, -0.15) is 0 Å². The van der Waals surface area contributed by atoms with E-state index in [1.54, 1.807) is 6.92 Å². The lowest BCUT2D eigenvalue weighted by molar-refractivity contribution is -0.139. The Bertz CT molecular complexity index is 579. The smallest absolute Gasteiger partial charge is 0.342 e. The first-order valence-electron chi connectivity index (χ1n) is 6.32. The summed E-state index contributed by atoms with van der Waals surface area (Å²) in [6.45, 7) is 3.40. The molecule has 98 valence electrons. The van der Waals surface area contributed by atoms with E-state index in [1.807, 2.05) is 36.4 Å². The number of Topliss-reactive ketones (excluding diaryl/α,β-unsaturated/α-hetero) is 1. The van der Waals surface area contributed by atoms with Gasteiger partial charge < -0.3 is 4.74 Å². The third kappa shape index (κ3) is 2.65. The molecule has 1 aromatic carbocycles. The predicted octanol–water partition coefficient (Wildman–Crippen LogP) is 3.01. The molecule has 0 bridgehead atoms. The Morgan fingerprint density at radius 2 is 2.00 bits per heavy atom. The maximum atomic E-state index is 12.0. The van der Waals surface area contributed by atoms with E-state index >= 15 is 0 Å². The molecular formula is C16H16O3. The van der Waals surface area contributed by atoms with Gasteiger partial charge >= 0.3 is 5.97 Å². The molecule has 0 amide bonds. The van der Waals surface area contributed by atoms with Gasteiger partial charge in [-0.05, 0) is 37.0 Å². The topological polar surface area (TPSA) is 43.4 Å². The molecule has 0 atom stereocenters. The second kappa shape index (κ2) is 5.65. The van der Waals surface area contributed by atoms with Crippen LogP contribution < -0.4 is 0 Å². The molecular weight excluding hydrogens is 240 g/mol. The van der Waals surface area contributed by atoms with Crippen molar-refractivity contribution >= 4 is 23.4 Å². The lowest BCUT2D eigenvalue weighted by atomic mass is 9.88. The van der Waals surface area contributed by atoms with Crippen LogP contribution in [0.1, 0.15) is 31.4 Å². The Hall–Kier alpha value is -2.16. The standard InChI is InChI=1S/C16H16O3/c1-3-19-16(18)15(11(2)17)14-10-6-8-12-7-4-5-9-13(12)14/h4-9H,3,10H2,1-2H3/b15-14+. The minimum absolute atomic E-state index is 0.165. The molecule has 0 radical (unpaired) electrons. The Balaban J connectivity index is 2.58. The molecule has 0 spiro atoms. The zero-order valence-electron chi connectivity index (χ0n) is 11.1. The number of allylic oxidation sites excluding steroid dienone is 2. The predicted molar refractivity (Wildman–Crippen MR) is 74.3 cm³/mol. The van der Waals surface area contributed by atoms with Crippen LogP contribution in [-0.2, 0) is 14.3 Å². The van der Waals surface area contributed by atoms with Gasteiger partial charge in [0.25, 0.3) is 0 Å². The van der Waals surface area contributed by atoms with Crippen molar-refractivity contribution in [2.24, 2.45) is 0 Å². The zero-order chi connectivity index (χ0) is 13.8. The molecule has 2 rings (SSSR count). The van der Waals surface area contributed by atoms with Crippen LogP contribution in [0.2, 0.25) is 0 Å². The summed E-state index contributed by atoms with van der Waals surface area (Å²) in [5, 5.41) is 0. The Morgan fingerprint density at radius 3 is 2.68 bits per heavy atom. The minimum Gasteiger partial charge on any atom is -0.462 e. The normalized spacial score (nSPS) is 15.7. The first-order chi connectivity index (χ1) is 9.15. The number of benzene rings is 1. The van der Waals surface area contributed by atoms with Gasteiger partial charge in [-0.3, -0.25) is 4.79 Å². The van der Waals surface area contributed by atoms with Crippen LogP contribution in [0.25, 0.3) is 11.6 Å². The van der Waals surface area contributed by atoms with Crippen molar-refractivity contribution in [1.29, 1.82) is 0 Å². The SMILES string of the molecule is CCOC(=O)/C(C(C)=O)=C1\CC=Cc2ccccc21. The van der Waals surface area contributed by atoms with E-state index in [4.69, 9.17) is 4.74 Å². The van der Waals surface area contributed by atoms with Crippen molar-refractivity contribution in [3.63, 3.8) is 0 Å². The van der Waals surface area contributed by atoms with Crippen molar-refractivity contribution in [2.75, 3.05) is 6.61 Å². The molecule has 0 saturated carbocycles. The summed E-state index contributed by atoms with van der Waals surface area (Å²) in [7, 11) is 0. The van der Waals surface area contributed by atoms with Gasteiger partial charge in [0.05, 0.1) is 6.61 Å². The number of carbonyl (C=O) groups is 2. The van der Waals surface area contributed by atoms with Gasteiger partial charge in [0, 0.05) is 0 Å². The quantitative estimate of drug-likeness (QED) is 0.361. The lowest BCUT2D eigenvalue weighted by Gasteiger charge is -2.17. The first-order valence-corrected chi connectivity index (χ1v) is 6.32. The molecule has 0 heterocycles. The van der Waals surface area contributed by atoms with E-state index in [0.29, 0.717) is 6.42 Å². The molecule has 0 unspecified atom stereocenters. The van der Waals surface area contributed by atoms with Crippen LogP contribution >= 0.6 is 0 Å². The summed E-state index contributed by atoms with van der Waals surface area (Å²) >= 11 is 0. The summed E-state index contributed by atoms with van der Waals surface area (Å²) in [5.74, 6) is -0.784.